The highest BCUT2D eigenvalue weighted by atomic mass is 15.1. The number of rotatable bonds is 3. The van der Waals surface area contributed by atoms with Gasteiger partial charge in [0.2, 0.25) is 0 Å². The van der Waals surface area contributed by atoms with Crippen molar-refractivity contribution in [2.24, 2.45) is 5.92 Å². The van der Waals surface area contributed by atoms with Crippen LogP contribution in [0, 0.1) is 5.92 Å². The van der Waals surface area contributed by atoms with Crippen molar-refractivity contribution in [3.05, 3.63) is 18.0 Å². The van der Waals surface area contributed by atoms with E-state index >= 15 is 0 Å². The third-order valence-corrected chi connectivity index (χ3v) is 3.72. The van der Waals surface area contributed by atoms with Crippen molar-refractivity contribution in [2.45, 2.75) is 19.3 Å². The second kappa shape index (κ2) is 5.17. The molecule has 2 N–H and O–H groups in total. The zero-order valence-corrected chi connectivity index (χ0v) is 11.6. The fraction of sp³-hybridized carbons (Fsp3) is 0.571. The number of pyridine rings is 1. The molecule has 0 spiro atoms. The number of hydrogen-bond donors (Lipinski definition) is 2. The summed E-state index contributed by atoms with van der Waals surface area (Å²) >= 11 is 0. The smallest absolute Gasteiger partial charge is 0.179 e. The minimum absolute atomic E-state index is 0.697. The Morgan fingerprint density at radius 1 is 1.32 bits per heavy atom. The van der Waals surface area contributed by atoms with Crippen LogP contribution in [0.4, 0.5) is 5.82 Å². The van der Waals surface area contributed by atoms with Crippen LogP contribution in [0.15, 0.2) is 12.1 Å². The molecule has 5 nitrogen and oxygen atoms in total. The van der Waals surface area contributed by atoms with Crippen molar-refractivity contribution in [1.82, 2.24) is 20.3 Å². The number of aromatic nitrogens is 3. The SMILES string of the molecule is CN(C)c1ccc2[nH]c(CC3CCCNC3)nc2n1. The van der Waals surface area contributed by atoms with E-state index in [9.17, 15) is 0 Å². The molecular weight excluding hydrogens is 238 g/mol. The second-order valence-corrected chi connectivity index (χ2v) is 5.54. The molecule has 1 aliphatic heterocycles. The summed E-state index contributed by atoms with van der Waals surface area (Å²) in [5, 5.41) is 3.45. The molecule has 3 heterocycles. The lowest BCUT2D eigenvalue weighted by Crippen LogP contribution is -2.31. The van der Waals surface area contributed by atoms with E-state index in [-0.39, 0.29) is 0 Å². The van der Waals surface area contributed by atoms with Crippen LogP contribution in [-0.2, 0) is 6.42 Å². The van der Waals surface area contributed by atoms with Gasteiger partial charge in [0.15, 0.2) is 5.65 Å². The van der Waals surface area contributed by atoms with Gasteiger partial charge in [0, 0.05) is 20.5 Å². The van der Waals surface area contributed by atoms with Gasteiger partial charge in [0.1, 0.15) is 11.6 Å². The van der Waals surface area contributed by atoms with Crippen molar-refractivity contribution >= 4 is 17.0 Å². The van der Waals surface area contributed by atoms with Gasteiger partial charge in [-0.2, -0.15) is 0 Å². The van der Waals surface area contributed by atoms with Crippen molar-refractivity contribution in [2.75, 3.05) is 32.1 Å². The number of aromatic amines is 1. The highest BCUT2D eigenvalue weighted by Gasteiger charge is 2.15. The van der Waals surface area contributed by atoms with E-state index in [1.807, 2.05) is 25.1 Å². The number of piperidine rings is 1. The Bertz CT molecular complexity index is 554. The first kappa shape index (κ1) is 12.4. The van der Waals surface area contributed by atoms with Gasteiger partial charge in [-0.05, 0) is 44.0 Å². The molecule has 1 saturated heterocycles. The molecule has 0 aromatic carbocycles. The van der Waals surface area contributed by atoms with Gasteiger partial charge in [-0.3, -0.25) is 0 Å². The molecule has 0 saturated carbocycles. The molecule has 0 bridgehead atoms. The van der Waals surface area contributed by atoms with E-state index in [1.54, 1.807) is 0 Å². The summed E-state index contributed by atoms with van der Waals surface area (Å²) in [7, 11) is 3.99. The number of nitrogens with one attached hydrogen (secondary N) is 2. The number of H-pyrrole nitrogens is 1. The van der Waals surface area contributed by atoms with E-state index < -0.39 is 0 Å². The van der Waals surface area contributed by atoms with Crippen molar-refractivity contribution in [1.29, 1.82) is 0 Å². The zero-order chi connectivity index (χ0) is 13.2. The maximum atomic E-state index is 4.63. The first-order chi connectivity index (χ1) is 9.22. The normalized spacial score (nSPS) is 19.8. The summed E-state index contributed by atoms with van der Waals surface area (Å²) in [5.41, 5.74) is 1.86. The average molecular weight is 259 g/mol. The number of anilines is 1. The van der Waals surface area contributed by atoms with Crippen LogP contribution >= 0.6 is 0 Å². The highest BCUT2D eigenvalue weighted by molar-refractivity contribution is 5.73. The molecule has 1 fully saturated rings. The van der Waals surface area contributed by atoms with Gasteiger partial charge in [-0.15, -0.1) is 0 Å². The lowest BCUT2D eigenvalue weighted by Gasteiger charge is -2.21. The molecule has 1 aliphatic rings. The van der Waals surface area contributed by atoms with Gasteiger partial charge < -0.3 is 15.2 Å². The third-order valence-electron chi connectivity index (χ3n) is 3.72. The molecule has 0 radical (unpaired) electrons. The minimum atomic E-state index is 0.697. The van der Waals surface area contributed by atoms with Gasteiger partial charge in [-0.1, -0.05) is 0 Å². The molecule has 5 heteroatoms. The second-order valence-electron chi connectivity index (χ2n) is 5.54. The predicted molar refractivity (Wildman–Crippen MR) is 77.5 cm³/mol. The van der Waals surface area contributed by atoms with Crippen LogP contribution in [-0.4, -0.2) is 42.1 Å². The highest BCUT2D eigenvalue weighted by Crippen LogP contribution is 2.18. The number of hydrogen-bond acceptors (Lipinski definition) is 4. The molecule has 3 rings (SSSR count). The maximum Gasteiger partial charge on any atom is 0.179 e. The summed E-state index contributed by atoms with van der Waals surface area (Å²) in [4.78, 5) is 14.6. The number of nitrogens with zero attached hydrogens (tertiary/aromatic N) is 3. The van der Waals surface area contributed by atoms with Crippen molar-refractivity contribution in [3.8, 4) is 0 Å². The molecule has 2 aromatic heterocycles. The Hall–Kier alpha value is -1.62. The largest absolute Gasteiger partial charge is 0.363 e. The Morgan fingerprint density at radius 3 is 2.95 bits per heavy atom. The molecule has 19 heavy (non-hydrogen) atoms. The Kier molecular flexibility index (Phi) is 3.38. The summed E-state index contributed by atoms with van der Waals surface area (Å²) < 4.78 is 0. The first-order valence-corrected chi connectivity index (χ1v) is 6.96. The summed E-state index contributed by atoms with van der Waals surface area (Å²) in [6, 6.07) is 4.08. The monoisotopic (exact) mass is 259 g/mol. The van der Waals surface area contributed by atoms with E-state index in [4.69, 9.17) is 0 Å². The predicted octanol–water partition coefficient (Wildman–Crippen LogP) is 1.57. The fourth-order valence-electron chi connectivity index (χ4n) is 2.65. The average Bonchev–Trinajstić information content (AvgIpc) is 2.80. The topological polar surface area (TPSA) is 56.8 Å². The Morgan fingerprint density at radius 2 is 2.21 bits per heavy atom. The van der Waals surface area contributed by atoms with E-state index in [0.717, 1.165) is 42.3 Å². The lowest BCUT2D eigenvalue weighted by atomic mass is 9.96. The van der Waals surface area contributed by atoms with Crippen LogP contribution in [0.1, 0.15) is 18.7 Å². The van der Waals surface area contributed by atoms with Crippen LogP contribution < -0.4 is 10.2 Å². The molecule has 0 amide bonds. The summed E-state index contributed by atoms with van der Waals surface area (Å²) in [6.45, 7) is 2.26. The minimum Gasteiger partial charge on any atom is -0.363 e. The zero-order valence-electron chi connectivity index (χ0n) is 11.6. The summed E-state index contributed by atoms with van der Waals surface area (Å²) in [5.74, 6) is 2.71. The molecular formula is C14H21N5. The quantitative estimate of drug-likeness (QED) is 0.878. The van der Waals surface area contributed by atoms with Crippen LogP contribution in [0.3, 0.4) is 0 Å². The Labute approximate surface area is 113 Å². The molecule has 102 valence electrons. The number of imidazole rings is 1. The maximum absolute atomic E-state index is 4.63. The van der Waals surface area contributed by atoms with Gasteiger partial charge in [-0.25, -0.2) is 9.97 Å². The van der Waals surface area contributed by atoms with Crippen LogP contribution in [0.2, 0.25) is 0 Å². The van der Waals surface area contributed by atoms with Crippen molar-refractivity contribution in [3.63, 3.8) is 0 Å². The first-order valence-electron chi connectivity index (χ1n) is 6.96. The molecule has 2 aromatic rings. The Balaban J connectivity index is 1.80. The van der Waals surface area contributed by atoms with Gasteiger partial charge in [0.05, 0.1) is 5.52 Å². The lowest BCUT2D eigenvalue weighted by molar-refractivity contribution is 0.371. The van der Waals surface area contributed by atoms with Gasteiger partial charge in [0.25, 0.3) is 0 Å². The standard InChI is InChI=1S/C14H21N5/c1-19(2)13-6-5-11-14(18-13)17-12(16-11)8-10-4-3-7-15-9-10/h5-6,10,15H,3-4,7-9H2,1-2H3,(H,16,17,18). The van der Waals surface area contributed by atoms with E-state index in [1.165, 1.54) is 12.8 Å². The third kappa shape index (κ3) is 2.71. The van der Waals surface area contributed by atoms with Crippen LogP contribution in [0.25, 0.3) is 11.2 Å². The van der Waals surface area contributed by atoms with E-state index in [2.05, 4.69) is 26.3 Å². The molecule has 0 aliphatic carbocycles. The van der Waals surface area contributed by atoms with Crippen molar-refractivity contribution < 1.29 is 0 Å². The van der Waals surface area contributed by atoms with E-state index in [0.29, 0.717) is 5.92 Å². The summed E-state index contributed by atoms with van der Waals surface area (Å²) in [6.07, 6.45) is 3.58. The van der Waals surface area contributed by atoms with Crippen LogP contribution in [0.5, 0.6) is 0 Å². The molecule has 1 atom stereocenters. The fourth-order valence-corrected chi connectivity index (χ4v) is 2.65. The number of fused-ring (bicyclic) bond motifs is 1. The van der Waals surface area contributed by atoms with Gasteiger partial charge >= 0.3 is 0 Å². The molecule has 1 unspecified atom stereocenters.